The van der Waals surface area contributed by atoms with E-state index in [9.17, 15) is 20.0 Å². The molecule has 1 aliphatic rings. The van der Waals surface area contributed by atoms with Crippen molar-refractivity contribution in [3.05, 3.63) is 57.6 Å². The number of amides is 1. The summed E-state index contributed by atoms with van der Waals surface area (Å²) in [7, 11) is 1.34. The molecule has 116 valence electrons. The molecule has 0 aromatic heterocycles. The number of hydrogen-bond acceptors (Lipinski definition) is 5. The molecule has 0 spiro atoms. The fourth-order valence-corrected chi connectivity index (χ4v) is 2.45. The fraction of sp³-hybridized carbons (Fsp3) is 0.0625. The highest BCUT2D eigenvalue weighted by Gasteiger charge is 2.25. The Kier molecular flexibility index (Phi) is 3.46. The molecule has 3 rings (SSSR count). The molecule has 2 aromatic carbocycles. The lowest BCUT2D eigenvalue weighted by Crippen LogP contribution is -2.04. The van der Waals surface area contributed by atoms with E-state index in [0.717, 1.165) is 6.07 Å². The quantitative estimate of drug-likeness (QED) is 0.515. The molecule has 1 amide bonds. The molecule has 0 saturated heterocycles. The maximum atomic E-state index is 12.1. The maximum Gasteiger partial charge on any atom is 0.280 e. The number of nitro groups is 1. The standard InChI is InChI=1S/C16H12N2O5/c1-23-15-7-9(13(18(21)22)8-14(15)19)6-11-10-4-2-3-5-12(10)17-16(11)20/h2-8,19H,1H3,(H,17,20)/b11-6-. The van der Waals surface area contributed by atoms with E-state index >= 15 is 0 Å². The van der Waals surface area contributed by atoms with Gasteiger partial charge in [0, 0.05) is 16.8 Å². The minimum absolute atomic E-state index is 0.0918. The second kappa shape index (κ2) is 5.45. The minimum Gasteiger partial charge on any atom is -0.504 e. The zero-order chi connectivity index (χ0) is 16.6. The van der Waals surface area contributed by atoms with E-state index in [0.29, 0.717) is 16.8 Å². The van der Waals surface area contributed by atoms with Gasteiger partial charge in [-0.05, 0) is 18.2 Å². The largest absolute Gasteiger partial charge is 0.504 e. The molecule has 1 heterocycles. The summed E-state index contributed by atoms with van der Waals surface area (Å²) in [6.45, 7) is 0. The number of phenols is 1. The number of anilines is 1. The first-order valence-corrected chi connectivity index (χ1v) is 6.69. The third-order valence-electron chi connectivity index (χ3n) is 3.53. The number of aromatic hydroxyl groups is 1. The SMILES string of the molecule is COc1cc(/C=C2\C(=O)Nc3ccccc32)c([N+](=O)[O-])cc1O. The lowest BCUT2D eigenvalue weighted by molar-refractivity contribution is -0.385. The fourth-order valence-electron chi connectivity index (χ4n) is 2.45. The van der Waals surface area contributed by atoms with Crippen LogP contribution in [0.2, 0.25) is 0 Å². The second-order valence-electron chi connectivity index (χ2n) is 4.90. The first kappa shape index (κ1) is 14.6. The third-order valence-corrected chi connectivity index (χ3v) is 3.53. The molecular formula is C16H12N2O5. The van der Waals surface area contributed by atoms with E-state index in [1.54, 1.807) is 24.3 Å². The Morgan fingerprint density at radius 2 is 2.04 bits per heavy atom. The van der Waals surface area contributed by atoms with Gasteiger partial charge in [0.1, 0.15) is 0 Å². The van der Waals surface area contributed by atoms with Gasteiger partial charge >= 0.3 is 0 Å². The van der Waals surface area contributed by atoms with Gasteiger partial charge in [-0.25, -0.2) is 0 Å². The summed E-state index contributed by atoms with van der Waals surface area (Å²) in [6, 6.07) is 9.40. The molecule has 0 unspecified atom stereocenters. The first-order valence-electron chi connectivity index (χ1n) is 6.69. The minimum atomic E-state index is -0.621. The Bertz CT molecular complexity index is 858. The topological polar surface area (TPSA) is 102 Å². The van der Waals surface area contributed by atoms with Gasteiger partial charge in [-0.3, -0.25) is 14.9 Å². The highest BCUT2D eigenvalue weighted by atomic mass is 16.6. The zero-order valence-corrected chi connectivity index (χ0v) is 12.1. The van der Waals surface area contributed by atoms with Crippen LogP contribution in [0.5, 0.6) is 11.5 Å². The van der Waals surface area contributed by atoms with Gasteiger partial charge in [0.05, 0.1) is 23.7 Å². The Morgan fingerprint density at radius 1 is 1.30 bits per heavy atom. The number of methoxy groups -OCH3 is 1. The first-order chi connectivity index (χ1) is 11.0. The molecule has 0 radical (unpaired) electrons. The number of nitrogens with one attached hydrogen (secondary N) is 1. The summed E-state index contributed by atoms with van der Waals surface area (Å²) in [5.41, 5.74) is 1.49. The van der Waals surface area contributed by atoms with Crippen LogP contribution in [0.1, 0.15) is 11.1 Å². The van der Waals surface area contributed by atoms with Crippen molar-refractivity contribution in [3.8, 4) is 11.5 Å². The second-order valence-corrected chi connectivity index (χ2v) is 4.90. The number of phenolic OH excluding ortho intramolecular Hbond substituents is 1. The molecule has 0 fully saturated rings. The van der Waals surface area contributed by atoms with Crippen molar-refractivity contribution in [2.24, 2.45) is 0 Å². The van der Waals surface area contributed by atoms with Crippen molar-refractivity contribution in [1.82, 2.24) is 0 Å². The molecule has 7 heteroatoms. The molecule has 0 bridgehead atoms. The van der Waals surface area contributed by atoms with Gasteiger partial charge in [-0.15, -0.1) is 0 Å². The van der Waals surface area contributed by atoms with E-state index in [2.05, 4.69) is 5.32 Å². The van der Waals surface area contributed by atoms with E-state index in [4.69, 9.17) is 4.74 Å². The van der Waals surface area contributed by atoms with Crippen LogP contribution in [0.4, 0.5) is 11.4 Å². The van der Waals surface area contributed by atoms with Crippen molar-refractivity contribution in [2.75, 3.05) is 12.4 Å². The maximum absolute atomic E-state index is 12.1. The number of rotatable bonds is 3. The van der Waals surface area contributed by atoms with Crippen molar-refractivity contribution >= 4 is 28.9 Å². The van der Waals surface area contributed by atoms with E-state index in [-0.39, 0.29) is 28.7 Å². The predicted octanol–water partition coefficient (Wildman–Crippen LogP) is 2.80. The summed E-state index contributed by atoms with van der Waals surface area (Å²) in [6.07, 6.45) is 1.42. The summed E-state index contributed by atoms with van der Waals surface area (Å²) in [4.78, 5) is 22.7. The van der Waals surface area contributed by atoms with Crippen LogP contribution < -0.4 is 10.1 Å². The van der Waals surface area contributed by atoms with Crippen LogP contribution in [-0.2, 0) is 4.79 Å². The van der Waals surface area contributed by atoms with E-state index in [1.807, 2.05) is 0 Å². The predicted molar refractivity (Wildman–Crippen MR) is 84.3 cm³/mol. The number of fused-ring (bicyclic) bond motifs is 1. The number of benzene rings is 2. The van der Waals surface area contributed by atoms with Crippen LogP contribution in [-0.4, -0.2) is 23.0 Å². The molecule has 0 aliphatic carbocycles. The van der Waals surface area contributed by atoms with Crippen LogP contribution in [0.15, 0.2) is 36.4 Å². The summed E-state index contributed by atoms with van der Waals surface area (Å²) >= 11 is 0. The molecule has 2 N–H and O–H groups in total. The molecule has 0 saturated carbocycles. The Morgan fingerprint density at radius 3 is 2.74 bits per heavy atom. The van der Waals surface area contributed by atoms with Gasteiger partial charge in [-0.2, -0.15) is 0 Å². The number of para-hydroxylation sites is 1. The average molecular weight is 312 g/mol. The normalized spacial score (nSPS) is 14.5. The molecule has 23 heavy (non-hydrogen) atoms. The van der Waals surface area contributed by atoms with E-state index < -0.39 is 4.92 Å². The lowest BCUT2D eigenvalue weighted by Gasteiger charge is -2.06. The van der Waals surface area contributed by atoms with Gasteiger partial charge < -0.3 is 15.2 Å². The number of carbonyl (C=O) groups is 1. The Labute approximate surface area is 131 Å². The van der Waals surface area contributed by atoms with Crippen molar-refractivity contribution < 1.29 is 19.6 Å². The number of hydrogen-bond donors (Lipinski definition) is 2. The summed E-state index contributed by atoms with van der Waals surface area (Å²) in [5.74, 6) is -0.584. The van der Waals surface area contributed by atoms with Crippen LogP contribution in [0.3, 0.4) is 0 Å². The van der Waals surface area contributed by atoms with Gasteiger partial charge in [0.2, 0.25) is 0 Å². The zero-order valence-electron chi connectivity index (χ0n) is 12.1. The molecule has 1 aliphatic heterocycles. The van der Waals surface area contributed by atoms with Crippen molar-refractivity contribution in [2.45, 2.75) is 0 Å². The summed E-state index contributed by atoms with van der Waals surface area (Å²) in [5, 5.41) is 23.6. The number of ether oxygens (including phenoxy) is 1. The third kappa shape index (κ3) is 2.48. The molecule has 0 atom stereocenters. The highest BCUT2D eigenvalue weighted by Crippen LogP contribution is 2.38. The van der Waals surface area contributed by atoms with Gasteiger partial charge in [0.15, 0.2) is 11.5 Å². The van der Waals surface area contributed by atoms with Crippen LogP contribution >= 0.6 is 0 Å². The van der Waals surface area contributed by atoms with Gasteiger partial charge in [-0.1, -0.05) is 18.2 Å². The smallest absolute Gasteiger partial charge is 0.280 e. The average Bonchev–Trinajstić information content (AvgIpc) is 2.84. The number of nitrogens with zero attached hydrogens (tertiary/aromatic N) is 1. The lowest BCUT2D eigenvalue weighted by atomic mass is 10.0. The Hall–Kier alpha value is -3.35. The number of carbonyl (C=O) groups excluding carboxylic acids is 1. The van der Waals surface area contributed by atoms with Crippen LogP contribution in [0.25, 0.3) is 11.6 Å². The Balaban J connectivity index is 2.19. The molecular weight excluding hydrogens is 300 g/mol. The van der Waals surface area contributed by atoms with E-state index in [1.165, 1.54) is 19.3 Å². The highest BCUT2D eigenvalue weighted by molar-refractivity contribution is 6.35. The van der Waals surface area contributed by atoms with Crippen molar-refractivity contribution in [1.29, 1.82) is 0 Å². The molecule has 2 aromatic rings. The monoisotopic (exact) mass is 312 g/mol. The van der Waals surface area contributed by atoms with Gasteiger partial charge in [0.25, 0.3) is 11.6 Å². The van der Waals surface area contributed by atoms with Crippen LogP contribution in [0, 0.1) is 10.1 Å². The summed E-state index contributed by atoms with van der Waals surface area (Å²) < 4.78 is 4.98. The molecule has 7 nitrogen and oxygen atoms in total. The van der Waals surface area contributed by atoms with Crippen molar-refractivity contribution in [3.63, 3.8) is 0 Å². The number of nitro benzene ring substituents is 1.